The Kier molecular flexibility index (Phi) is 3.71. The standard InChI is InChI=1S/C13H21N3O2/c1-4-11-12(9(3)18-15-11)13(17)16-7-10(6-14)5-8(16)2/h8,10H,4-7,14H2,1-3H3. The van der Waals surface area contributed by atoms with Gasteiger partial charge < -0.3 is 15.2 Å². The van der Waals surface area contributed by atoms with Crippen molar-refractivity contribution < 1.29 is 9.32 Å². The van der Waals surface area contributed by atoms with E-state index in [1.165, 1.54) is 0 Å². The lowest BCUT2D eigenvalue weighted by Crippen LogP contribution is -2.35. The monoisotopic (exact) mass is 251 g/mol. The van der Waals surface area contributed by atoms with Gasteiger partial charge in [-0.15, -0.1) is 0 Å². The number of nitrogens with zero attached hydrogens (tertiary/aromatic N) is 2. The van der Waals surface area contributed by atoms with Crippen molar-refractivity contribution in [3.05, 3.63) is 17.0 Å². The van der Waals surface area contributed by atoms with Crippen LogP contribution in [-0.4, -0.2) is 35.1 Å². The van der Waals surface area contributed by atoms with Crippen LogP contribution in [0.5, 0.6) is 0 Å². The Labute approximate surface area is 107 Å². The molecule has 1 saturated heterocycles. The number of hydrogen-bond acceptors (Lipinski definition) is 4. The lowest BCUT2D eigenvalue weighted by Gasteiger charge is -2.21. The smallest absolute Gasteiger partial charge is 0.259 e. The summed E-state index contributed by atoms with van der Waals surface area (Å²) in [7, 11) is 0. The number of rotatable bonds is 3. The molecule has 2 rings (SSSR count). The van der Waals surface area contributed by atoms with E-state index >= 15 is 0 Å². The van der Waals surface area contributed by atoms with Gasteiger partial charge in [-0.2, -0.15) is 0 Å². The van der Waals surface area contributed by atoms with Gasteiger partial charge in [0.25, 0.3) is 5.91 Å². The van der Waals surface area contributed by atoms with E-state index in [-0.39, 0.29) is 11.9 Å². The zero-order chi connectivity index (χ0) is 13.3. The van der Waals surface area contributed by atoms with Gasteiger partial charge in [0.05, 0.1) is 5.69 Å². The molecule has 0 radical (unpaired) electrons. The molecular formula is C13H21N3O2. The van der Waals surface area contributed by atoms with Crippen LogP contribution >= 0.6 is 0 Å². The molecule has 100 valence electrons. The zero-order valence-corrected chi connectivity index (χ0v) is 11.3. The molecule has 2 heterocycles. The van der Waals surface area contributed by atoms with Crippen molar-refractivity contribution in [2.24, 2.45) is 11.7 Å². The number of nitrogens with two attached hydrogens (primary N) is 1. The van der Waals surface area contributed by atoms with Crippen LogP contribution in [0.25, 0.3) is 0 Å². The minimum atomic E-state index is 0.0362. The quantitative estimate of drug-likeness (QED) is 0.880. The highest BCUT2D eigenvalue weighted by atomic mass is 16.5. The fourth-order valence-electron chi connectivity index (χ4n) is 2.67. The van der Waals surface area contributed by atoms with Gasteiger partial charge in [0.1, 0.15) is 11.3 Å². The van der Waals surface area contributed by atoms with Crippen LogP contribution in [0.4, 0.5) is 0 Å². The summed E-state index contributed by atoms with van der Waals surface area (Å²) in [4.78, 5) is 14.5. The Balaban J connectivity index is 2.23. The first-order chi connectivity index (χ1) is 8.58. The van der Waals surface area contributed by atoms with E-state index in [2.05, 4.69) is 12.1 Å². The molecule has 0 spiro atoms. The Morgan fingerprint density at radius 3 is 2.89 bits per heavy atom. The summed E-state index contributed by atoms with van der Waals surface area (Å²) in [5.41, 5.74) is 7.09. The molecule has 1 aliphatic rings. The van der Waals surface area contributed by atoms with Gasteiger partial charge in [0, 0.05) is 12.6 Å². The Hall–Kier alpha value is -1.36. The minimum absolute atomic E-state index is 0.0362. The summed E-state index contributed by atoms with van der Waals surface area (Å²) in [6.07, 6.45) is 1.69. The highest BCUT2D eigenvalue weighted by Crippen LogP contribution is 2.26. The summed E-state index contributed by atoms with van der Waals surface area (Å²) in [5.74, 6) is 1.06. The summed E-state index contributed by atoms with van der Waals surface area (Å²) in [6, 6.07) is 0.241. The number of hydrogen-bond donors (Lipinski definition) is 1. The number of amides is 1. The first kappa shape index (κ1) is 13.1. The predicted octanol–water partition coefficient (Wildman–Crippen LogP) is 1.35. The molecule has 0 aliphatic carbocycles. The molecule has 1 fully saturated rings. The van der Waals surface area contributed by atoms with Gasteiger partial charge in [-0.25, -0.2) is 0 Å². The molecule has 5 heteroatoms. The van der Waals surface area contributed by atoms with Crippen molar-refractivity contribution in [3.8, 4) is 0 Å². The van der Waals surface area contributed by atoms with Crippen LogP contribution in [0.2, 0.25) is 0 Å². The van der Waals surface area contributed by atoms with Crippen LogP contribution in [0.1, 0.15) is 42.1 Å². The summed E-state index contributed by atoms with van der Waals surface area (Å²) in [6.45, 7) is 7.22. The van der Waals surface area contributed by atoms with Crippen LogP contribution in [-0.2, 0) is 6.42 Å². The van der Waals surface area contributed by atoms with Crippen LogP contribution < -0.4 is 5.73 Å². The Bertz CT molecular complexity index is 441. The molecule has 1 amide bonds. The van der Waals surface area contributed by atoms with Gasteiger partial charge in [-0.05, 0) is 39.2 Å². The second kappa shape index (κ2) is 5.10. The van der Waals surface area contributed by atoms with E-state index in [0.29, 0.717) is 30.2 Å². The van der Waals surface area contributed by atoms with E-state index in [4.69, 9.17) is 10.3 Å². The van der Waals surface area contributed by atoms with E-state index in [0.717, 1.165) is 18.7 Å². The number of carbonyl (C=O) groups is 1. The first-order valence-corrected chi connectivity index (χ1v) is 6.54. The minimum Gasteiger partial charge on any atom is -0.361 e. The molecular weight excluding hydrogens is 230 g/mol. The normalized spacial score (nSPS) is 23.7. The number of carbonyl (C=O) groups excluding carboxylic acids is 1. The number of likely N-dealkylation sites (tertiary alicyclic amines) is 1. The fraction of sp³-hybridized carbons (Fsp3) is 0.692. The molecule has 0 aromatic carbocycles. The average Bonchev–Trinajstić information content (AvgIpc) is 2.91. The zero-order valence-electron chi connectivity index (χ0n) is 11.3. The van der Waals surface area contributed by atoms with E-state index in [1.807, 2.05) is 11.8 Å². The van der Waals surface area contributed by atoms with E-state index in [1.54, 1.807) is 6.92 Å². The third-order valence-corrected chi connectivity index (χ3v) is 3.74. The van der Waals surface area contributed by atoms with Gasteiger partial charge in [0.2, 0.25) is 0 Å². The van der Waals surface area contributed by atoms with Gasteiger partial charge in [-0.3, -0.25) is 4.79 Å². The maximum absolute atomic E-state index is 12.6. The number of aromatic nitrogens is 1. The number of aryl methyl sites for hydroxylation is 2. The first-order valence-electron chi connectivity index (χ1n) is 6.54. The molecule has 1 aliphatic heterocycles. The lowest BCUT2D eigenvalue weighted by molar-refractivity contribution is 0.0740. The van der Waals surface area contributed by atoms with Crippen LogP contribution in [0.15, 0.2) is 4.52 Å². The van der Waals surface area contributed by atoms with E-state index < -0.39 is 0 Å². The second-order valence-corrected chi connectivity index (χ2v) is 5.06. The fourth-order valence-corrected chi connectivity index (χ4v) is 2.67. The third kappa shape index (κ3) is 2.14. The molecule has 2 N–H and O–H groups in total. The SMILES string of the molecule is CCc1noc(C)c1C(=O)N1CC(CN)CC1C. The second-order valence-electron chi connectivity index (χ2n) is 5.06. The predicted molar refractivity (Wildman–Crippen MR) is 68.3 cm³/mol. The summed E-state index contributed by atoms with van der Waals surface area (Å²) in [5, 5.41) is 3.94. The molecule has 0 saturated carbocycles. The molecule has 18 heavy (non-hydrogen) atoms. The average molecular weight is 251 g/mol. The lowest BCUT2D eigenvalue weighted by atomic mass is 10.1. The molecule has 2 atom stereocenters. The Morgan fingerprint density at radius 2 is 2.33 bits per heavy atom. The molecule has 1 aromatic heterocycles. The van der Waals surface area contributed by atoms with E-state index in [9.17, 15) is 4.79 Å². The van der Waals surface area contributed by atoms with Crippen LogP contribution in [0, 0.1) is 12.8 Å². The van der Waals surface area contributed by atoms with Gasteiger partial charge in [-0.1, -0.05) is 12.1 Å². The van der Waals surface area contributed by atoms with Crippen molar-refractivity contribution >= 4 is 5.91 Å². The summed E-state index contributed by atoms with van der Waals surface area (Å²) >= 11 is 0. The van der Waals surface area contributed by atoms with Crippen molar-refractivity contribution in [2.75, 3.05) is 13.1 Å². The highest BCUT2D eigenvalue weighted by molar-refractivity contribution is 5.96. The maximum Gasteiger partial charge on any atom is 0.259 e. The topological polar surface area (TPSA) is 72.4 Å². The van der Waals surface area contributed by atoms with Crippen molar-refractivity contribution in [1.82, 2.24) is 10.1 Å². The van der Waals surface area contributed by atoms with Gasteiger partial charge in [0.15, 0.2) is 0 Å². The maximum atomic E-state index is 12.6. The summed E-state index contributed by atoms with van der Waals surface area (Å²) < 4.78 is 5.13. The molecule has 1 aromatic rings. The molecule has 2 unspecified atom stereocenters. The van der Waals surface area contributed by atoms with Gasteiger partial charge >= 0.3 is 0 Å². The molecule has 0 bridgehead atoms. The largest absolute Gasteiger partial charge is 0.361 e. The Morgan fingerprint density at radius 1 is 1.61 bits per heavy atom. The third-order valence-electron chi connectivity index (χ3n) is 3.74. The highest BCUT2D eigenvalue weighted by Gasteiger charge is 2.34. The van der Waals surface area contributed by atoms with Crippen molar-refractivity contribution in [1.29, 1.82) is 0 Å². The van der Waals surface area contributed by atoms with Crippen molar-refractivity contribution in [3.63, 3.8) is 0 Å². The van der Waals surface area contributed by atoms with Crippen LogP contribution in [0.3, 0.4) is 0 Å². The molecule has 5 nitrogen and oxygen atoms in total. The van der Waals surface area contributed by atoms with Crippen molar-refractivity contribution in [2.45, 2.75) is 39.7 Å².